The molecule has 26 heavy (non-hydrogen) atoms. The molecule has 0 unspecified atom stereocenters. The van der Waals surface area contributed by atoms with Crippen LogP contribution in [0.25, 0.3) is 10.9 Å². The van der Waals surface area contributed by atoms with E-state index in [4.69, 9.17) is 4.74 Å². The lowest BCUT2D eigenvalue weighted by Gasteiger charge is -2.29. The van der Waals surface area contributed by atoms with E-state index in [0.29, 0.717) is 5.56 Å². The van der Waals surface area contributed by atoms with Gasteiger partial charge in [0.2, 0.25) is 0 Å². The maximum atomic E-state index is 12.7. The molecule has 0 bridgehead atoms. The van der Waals surface area contributed by atoms with Crippen molar-refractivity contribution < 1.29 is 9.53 Å². The maximum Gasteiger partial charge on any atom is 0.253 e. The van der Waals surface area contributed by atoms with E-state index in [0.717, 1.165) is 42.8 Å². The van der Waals surface area contributed by atoms with Gasteiger partial charge in [-0.2, -0.15) is 5.10 Å². The highest BCUT2D eigenvalue weighted by molar-refractivity contribution is 6.05. The number of fused-ring (bicyclic) bond motifs is 1. The Balaban J connectivity index is 1.46. The van der Waals surface area contributed by atoms with Gasteiger partial charge in [-0.15, -0.1) is 0 Å². The number of para-hydroxylation sites is 1. The van der Waals surface area contributed by atoms with Crippen molar-refractivity contribution in [1.82, 2.24) is 15.5 Å². The highest BCUT2D eigenvalue weighted by Gasteiger charge is 2.16. The normalized spacial score (nSPS) is 15.8. The molecule has 1 aliphatic heterocycles. The number of aromatic amines is 1. The Hall–Kier alpha value is -2.86. The van der Waals surface area contributed by atoms with Crippen molar-refractivity contribution in [2.45, 2.75) is 13.0 Å². The molecule has 3 aromatic rings. The van der Waals surface area contributed by atoms with Crippen LogP contribution in [0.15, 0.2) is 48.7 Å². The van der Waals surface area contributed by atoms with E-state index < -0.39 is 0 Å². The number of nitrogens with one attached hydrogen (secondary N) is 2. The molecule has 1 atom stereocenters. The van der Waals surface area contributed by atoms with Crippen LogP contribution in [0.4, 0.5) is 5.69 Å². The molecule has 2 heterocycles. The van der Waals surface area contributed by atoms with Gasteiger partial charge in [0.25, 0.3) is 5.91 Å². The number of morpholine rings is 1. The second kappa shape index (κ2) is 7.17. The minimum absolute atomic E-state index is 0.0839. The summed E-state index contributed by atoms with van der Waals surface area (Å²) in [5.41, 5.74) is 3.64. The molecular weight excluding hydrogens is 328 g/mol. The zero-order valence-corrected chi connectivity index (χ0v) is 14.7. The van der Waals surface area contributed by atoms with Crippen LogP contribution < -0.4 is 10.2 Å². The molecule has 0 spiro atoms. The first kappa shape index (κ1) is 16.6. The number of hydrogen-bond donors (Lipinski definition) is 2. The van der Waals surface area contributed by atoms with Gasteiger partial charge in [-0.25, -0.2) is 0 Å². The van der Waals surface area contributed by atoms with E-state index in [1.54, 1.807) is 6.20 Å². The molecule has 0 radical (unpaired) electrons. The first-order valence-electron chi connectivity index (χ1n) is 8.88. The van der Waals surface area contributed by atoms with Crippen molar-refractivity contribution in [3.8, 4) is 0 Å². The van der Waals surface area contributed by atoms with Gasteiger partial charge in [-0.1, -0.05) is 24.3 Å². The summed E-state index contributed by atoms with van der Waals surface area (Å²) in [5.74, 6) is -0.107. The van der Waals surface area contributed by atoms with Crippen LogP contribution in [-0.4, -0.2) is 42.4 Å². The summed E-state index contributed by atoms with van der Waals surface area (Å²) in [7, 11) is 0. The molecule has 1 aromatic heterocycles. The molecule has 2 aromatic carbocycles. The first-order chi connectivity index (χ1) is 12.7. The number of anilines is 1. The largest absolute Gasteiger partial charge is 0.378 e. The van der Waals surface area contributed by atoms with Crippen molar-refractivity contribution in [1.29, 1.82) is 0 Å². The molecule has 1 amide bonds. The number of nitrogens with zero attached hydrogens (tertiary/aromatic N) is 2. The second-order valence-electron chi connectivity index (χ2n) is 6.53. The third-order valence-electron chi connectivity index (χ3n) is 4.84. The Kier molecular flexibility index (Phi) is 4.58. The number of hydrogen-bond acceptors (Lipinski definition) is 4. The fourth-order valence-electron chi connectivity index (χ4n) is 3.31. The molecule has 134 valence electrons. The van der Waals surface area contributed by atoms with Gasteiger partial charge in [0.05, 0.1) is 36.5 Å². The topological polar surface area (TPSA) is 70.2 Å². The number of carbonyl (C=O) groups is 1. The summed E-state index contributed by atoms with van der Waals surface area (Å²) < 4.78 is 5.40. The summed E-state index contributed by atoms with van der Waals surface area (Å²) in [5, 5.41) is 10.9. The number of rotatable bonds is 4. The maximum absolute atomic E-state index is 12.7. The highest BCUT2D eigenvalue weighted by Crippen LogP contribution is 2.21. The van der Waals surface area contributed by atoms with Gasteiger partial charge in [-0.3, -0.25) is 9.89 Å². The van der Waals surface area contributed by atoms with Gasteiger partial charge >= 0.3 is 0 Å². The monoisotopic (exact) mass is 350 g/mol. The number of carbonyl (C=O) groups excluding carboxylic acids is 1. The highest BCUT2D eigenvalue weighted by atomic mass is 16.5. The average molecular weight is 350 g/mol. The number of amides is 1. The van der Waals surface area contributed by atoms with Gasteiger partial charge < -0.3 is 15.0 Å². The van der Waals surface area contributed by atoms with Gasteiger partial charge in [-0.05, 0) is 30.7 Å². The number of benzene rings is 2. The van der Waals surface area contributed by atoms with Crippen molar-refractivity contribution in [2.75, 3.05) is 31.2 Å². The first-order valence-corrected chi connectivity index (χ1v) is 8.88. The molecule has 1 saturated heterocycles. The predicted octanol–water partition coefficient (Wildman–Crippen LogP) is 2.89. The quantitative estimate of drug-likeness (QED) is 0.759. The van der Waals surface area contributed by atoms with E-state index in [2.05, 4.69) is 44.7 Å². The Morgan fingerprint density at radius 2 is 1.96 bits per heavy atom. The molecule has 6 heteroatoms. The van der Waals surface area contributed by atoms with Crippen LogP contribution >= 0.6 is 0 Å². The SMILES string of the molecule is C[C@@H](NC(=O)c1cccc2cn[nH]c12)c1ccc(N2CCOCC2)cc1. The Morgan fingerprint density at radius 3 is 2.73 bits per heavy atom. The summed E-state index contributed by atoms with van der Waals surface area (Å²) in [6.45, 7) is 5.37. The van der Waals surface area contributed by atoms with Crippen molar-refractivity contribution in [3.05, 3.63) is 59.8 Å². The molecule has 2 N–H and O–H groups in total. The number of ether oxygens (including phenoxy) is 1. The lowest BCUT2D eigenvalue weighted by atomic mass is 10.1. The average Bonchev–Trinajstić information content (AvgIpc) is 3.17. The second-order valence-corrected chi connectivity index (χ2v) is 6.53. The van der Waals surface area contributed by atoms with E-state index in [1.165, 1.54) is 5.69 Å². The lowest BCUT2D eigenvalue weighted by molar-refractivity contribution is 0.0941. The summed E-state index contributed by atoms with van der Waals surface area (Å²) >= 11 is 0. The fraction of sp³-hybridized carbons (Fsp3) is 0.300. The van der Waals surface area contributed by atoms with Crippen molar-refractivity contribution in [2.24, 2.45) is 0 Å². The van der Waals surface area contributed by atoms with Crippen LogP contribution in [0.3, 0.4) is 0 Å². The smallest absolute Gasteiger partial charge is 0.253 e. The Morgan fingerprint density at radius 1 is 1.19 bits per heavy atom. The van der Waals surface area contributed by atoms with Crippen LogP contribution in [0.1, 0.15) is 28.9 Å². The zero-order valence-electron chi connectivity index (χ0n) is 14.7. The van der Waals surface area contributed by atoms with Crippen LogP contribution in [0.2, 0.25) is 0 Å². The van der Waals surface area contributed by atoms with E-state index in [-0.39, 0.29) is 11.9 Å². The molecule has 4 rings (SSSR count). The minimum Gasteiger partial charge on any atom is -0.378 e. The minimum atomic E-state index is -0.107. The van der Waals surface area contributed by atoms with Crippen LogP contribution in [-0.2, 0) is 4.74 Å². The van der Waals surface area contributed by atoms with Crippen LogP contribution in [0.5, 0.6) is 0 Å². The zero-order chi connectivity index (χ0) is 17.9. The van der Waals surface area contributed by atoms with E-state index in [1.807, 2.05) is 25.1 Å². The summed E-state index contributed by atoms with van der Waals surface area (Å²) in [6, 6.07) is 13.9. The molecule has 0 aliphatic carbocycles. The molecule has 0 saturated carbocycles. The Labute approximate surface area is 152 Å². The van der Waals surface area contributed by atoms with Gasteiger partial charge in [0, 0.05) is 24.2 Å². The fourth-order valence-corrected chi connectivity index (χ4v) is 3.31. The number of H-pyrrole nitrogens is 1. The molecule has 1 fully saturated rings. The molecule has 6 nitrogen and oxygen atoms in total. The molecule has 1 aliphatic rings. The third kappa shape index (κ3) is 3.28. The third-order valence-corrected chi connectivity index (χ3v) is 4.84. The Bertz CT molecular complexity index is 898. The van der Waals surface area contributed by atoms with Gasteiger partial charge in [0.1, 0.15) is 0 Å². The standard InChI is InChI=1S/C20H22N4O2/c1-14(15-5-7-17(8-6-15)24-9-11-26-12-10-24)22-20(25)18-4-2-3-16-13-21-23-19(16)18/h2-8,13-14H,9-12H2,1H3,(H,21,23)(H,22,25)/t14-/m1/s1. The van der Waals surface area contributed by atoms with Gasteiger partial charge in [0.15, 0.2) is 0 Å². The predicted molar refractivity (Wildman–Crippen MR) is 101 cm³/mol. The lowest BCUT2D eigenvalue weighted by Crippen LogP contribution is -2.36. The van der Waals surface area contributed by atoms with E-state index in [9.17, 15) is 4.79 Å². The van der Waals surface area contributed by atoms with Crippen molar-refractivity contribution >= 4 is 22.5 Å². The molecular formula is C20H22N4O2. The van der Waals surface area contributed by atoms with Crippen LogP contribution in [0, 0.1) is 0 Å². The summed E-state index contributed by atoms with van der Waals surface area (Å²) in [4.78, 5) is 15.0. The summed E-state index contributed by atoms with van der Waals surface area (Å²) in [6.07, 6.45) is 1.72. The van der Waals surface area contributed by atoms with Crippen molar-refractivity contribution in [3.63, 3.8) is 0 Å². The number of aromatic nitrogens is 2. The van der Waals surface area contributed by atoms with E-state index >= 15 is 0 Å².